The zero-order chi connectivity index (χ0) is 7.11. The topological polar surface area (TPSA) is 3.24 Å². The average molecular weight is 123 g/mol. The normalized spacial score (nSPS) is 7.33. The molecular formula is C8H13N. The molecule has 0 amide bonds. The molecule has 1 heteroatoms. The van der Waals surface area contributed by atoms with Crippen LogP contribution in [0.2, 0.25) is 0 Å². The van der Waals surface area contributed by atoms with Crippen molar-refractivity contribution >= 4 is 0 Å². The van der Waals surface area contributed by atoms with Gasteiger partial charge in [0, 0.05) is 25.7 Å². The summed E-state index contributed by atoms with van der Waals surface area (Å²) >= 11 is 0. The molecule has 0 rings (SSSR count). The van der Waals surface area contributed by atoms with Gasteiger partial charge < -0.3 is 4.90 Å². The molecule has 0 fully saturated rings. The molecule has 0 aromatic carbocycles. The third-order valence-electron chi connectivity index (χ3n) is 0.904. The molecule has 0 saturated heterocycles. The lowest BCUT2D eigenvalue weighted by Crippen LogP contribution is -1.98. The summed E-state index contributed by atoms with van der Waals surface area (Å²) in [5, 5.41) is 0. The van der Waals surface area contributed by atoms with Crippen LogP contribution in [0, 0.1) is 12.0 Å². The Morgan fingerprint density at radius 2 is 2.33 bits per heavy atom. The average Bonchev–Trinajstić information content (AvgIpc) is 1.89. The van der Waals surface area contributed by atoms with E-state index in [1.165, 1.54) is 0 Å². The van der Waals surface area contributed by atoms with Crippen LogP contribution in [0.1, 0.15) is 19.8 Å². The number of unbranched alkanes of at least 4 members (excludes halogenated alkanes) is 1. The van der Waals surface area contributed by atoms with Gasteiger partial charge in [0.05, 0.1) is 0 Å². The van der Waals surface area contributed by atoms with Crippen molar-refractivity contribution in [3.8, 4) is 12.0 Å². The molecule has 0 N–H and O–H groups in total. The summed E-state index contributed by atoms with van der Waals surface area (Å²) < 4.78 is 0. The predicted molar refractivity (Wildman–Crippen MR) is 40.6 cm³/mol. The SMILES string of the molecule is C=CN(C)C#CCCC. The van der Waals surface area contributed by atoms with E-state index in [9.17, 15) is 0 Å². The summed E-state index contributed by atoms with van der Waals surface area (Å²) in [6, 6.07) is 2.90. The van der Waals surface area contributed by atoms with Crippen LogP contribution in [-0.2, 0) is 0 Å². The van der Waals surface area contributed by atoms with Crippen molar-refractivity contribution in [2.45, 2.75) is 19.8 Å². The van der Waals surface area contributed by atoms with Gasteiger partial charge >= 0.3 is 0 Å². The summed E-state index contributed by atoms with van der Waals surface area (Å²) in [4.78, 5) is 1.76. The van der Waals surface area contributed by atoms with Crippen molar-refractivity contribution < 1.29 is 0 Å². The Morgan fingerprint density at radius 3 is 2.78 bits per heavy atom. The molecule has 0 aromatic heterocycles. The van der Waals surface area contributed by atoms with Crippen LogP contribution in [0.15, 0.2) is 12.8 Å². The van der Waals surface area contributed by atoms with E-state index in [0.717, 1.165) is 12.8 Å². The third kappa shape index (κ3) is 4.96. The Morgan fingerprint density at radius 1 is 1.67 bits per heavy atom. The Balaban J connectivity index is 3.45. The molecule has 0 heterocycles. The van der Waals surface area contributed by atoms with E-state index in [1.807, 2.05) is 7.05 Å². The highest BCUT2D eigenvalue weighted by Crippen LogP contribution is 1.82. The van der Waals surface area contributed by atoms with Crippen LogP contribution < -0.4 is 0 Å². The lowest BCUT2D eigenvalue weighted by molar-refractivity contribution is 0.663. The second-order valence-corrected chi connectivity index (χ2v) is 1.83. The van der Waals surface area contributed by atoms with Crippen molar-refractivity contribution in [2.75, 3.05) is 7.05 Å². The second-order valence-electron chi connectivity index (χ2n) is 1.83. The van der Waals surface area contributed by atoms with E-state index in [1.54, 1.807) is 11.1 Å². The molecule has 9 heavy (non-hydrogen) atoms. The largest absolute Gasteiger partial charge is 0.312 e. The maximum absolute atomic E-state index is 3.56. The van der Waals surface area contributed by atoms with Crippen molar-refractivity contribution in [3.05, 3.63) is 12.8 Å². The first kappa shape index (κ1) is 8.10. The first-order valence-electron chi connectivity index (χ1n) is 3.15. The van der Waals surface area contributed by atoms with Crippen LogP contribution in [0.5, 0.6) is 0 Å². The lowest BCUT2D eigenvalue weighted by atomic mass is 10.3. The molecule has 0 aliphatic rings. The molecule has 0 aliphatic heterocycles. The van der Waals surface area contributed by atoms with Crippen molar-refractivity contribution in [2.24, 2.45) is 0 Å². The van der Waals surface area contributed by atoms with Gasteiger partial charge in [0.25, 0.3) is 0 Å². The van der Waals surface area contributed by atoms with Crippen molar-refractivity contribution in [1.82, 2.24) is 4.90 Å². The standard InChI is InChI=1S/C8H13N/c1-4-6-7-8-9(3)5-2/h5H,2,4,6H2,1,3H3. The van der Waals surface area contributed by atoms with Gasteiger partial charge in [-0.25, -0.2) is 0 Å². The summed E-state index contributed by atoms with van der Waals surface area (Å²) in [7, 11) is 1.88. The van der Waals surface area contributed by atoms with Crippen LogP contribution in [0.4, 0.5) is 0 Å². The fourth-order valence-corrected chi connectivity index (χ4v) is 0.351. The molecule has 0 aromatic rings. The minimum Gasteiger partial charge on any atom is -0.312 e. The van der Waals surface area contributed by atoms with Gasteiger partial charge in [0.2, 0.25) is 0 Å². The Labute approximate surface area is 57.4 Å². The Hall–Kier alpha value is -0.900. The third-order valence-corrected chi connectivity index (χ3v) is 0.904. The molecular weight excluding hydrogens is 110 g/mol. The van der Waals surface area contributed by atoms with Gasteiger partial charge in [0.15, 0.2) is 0 Å². The smallest absolute Gasteiger partial charge is 0.0195 e. The molecule has 1 nitrogen and oxygen atoms in total. The predicted octanol–water partition coefficient (Wildman–Crippen LogP) is 1.82. The van der Waals surface area contributed by atoms with Gasteiger partial charge in [-0.15, -0.1) is 0 Å². The first-order valence-corrected chi connectivity index (χ1v) is 3.15. The Bertz CT molecular complexity index is 127. The first-order chi connectivity index (χ1) is 4.31. The number of nitrogens with zero attached hydrogens (tertiary/aromatic N) is 1. The zero-order valence-corrected chi connectivity index (χ0v) is 6.15. The highest BCUT2D eigenvalue weighted by Gasteiger charge is 1.75. The summed E-state index contributed by atoms with van der Waals surface area (Å²) in [5.74, 6) is 2.99. The molecule has 0 aliphatic carbocycles. The van der Waals surface area contributed by atoms with Crippen LogP contribution in [-0.4, -0.2) is 11.9 Å². The van der Waals surface area contributed by atoms with Gasteiger partial charge in [-0.3, -0.25) is 0 Å². The molecule has 0 radical (unpaired) electrons. The lowest BCUT2D eigenvalue weighted by Gasteiger charge is -1.98. The van der Waals surface area contributed by atoms with Crippen LogP contribution >= 0.6 is 0 Å². The van der Waals surface area contributed by atoms with E-state index in [-0.39, 0.29) is 0 Å². The highest BCUT2D eigenvalue weighted by atomic mass is 15.0. The monoisotopic (exact) mass is 123 g/mol. The molecule has 0 atom stereocenters. The summed E-state index contributed by atoms with van der Waals surface area (Å²) in [6.45, 7) is 5.68. The minimum absolute atomic E-state index is 0.970. The maximum Gasteiger partial charge on any atom is 0.0195 e. The molecule has 0 bridgehead atoms. The van der Waals surface area contributed by atoms with Gasteiger partial charge in [-0.05, 0) is 6.42 Å². The second kappa shape index (κ2) is 5.24. The fourth-order valence-electron chi connectivity index (χ4n) is 0.351. The van der Waals surface area contributed by atoms with Crippen LogP contribution in [0.25, 0.3) is 0 Å². The van der Waals surface area contributed by atoms with Gasteiger partial charge in [-0.1, -0.05) is 19.4 Å². The number of hydrogen-bond acceptors (Lipinski definition) is 1. The van der Waals surface area contributed by atoms with Crippen LogP contribution in [0.3, 0.4) is 0 Å². The minimum atomic E-state index is 0.970. The van der Waals surface area contributed by atoms with E-state index in [2.05, 4.69) is 25.5 Å². The number of hydrogen-bond donors (Lipinski definition) is 0. The molecule has 50 valence electrons. The van der Waals surface area contributed by atoms with E-state index in [0.29, 0.717) is 0 Å². The summed E-state index contributed by atoms with van der Waals surface area (Å²) in [5.41, 5.74) is 0. The van der Waals surface area contributed by atoms with Gasteiger partial charge in [0.1, 0.15) is 0 Å². The van der Waals surface area contributed by atoms with E-state index >= 15 is 0 Å². The van der Waals surface area contributed by atoms with Gasteiger partial charge in [-0.2, -0.15) is 0 Å². The van der Waals surface area contributed by atoms with Crippen molar-refractivity contribution in [1.29, 1.82) is 0 Å². The molecule has 0 spiro atoms. The van der Waals surface area contributed by atoms with E-state index in [4.69, 9.17) is 0 Å². The van der Waals surface area contributed by atoms with Crippen molar-refractivity contribution in [3.63, 3.8) is 0 Å². The highest BCUT2D eigenvalue weighted by molar-refractivity contribution is 4.99. The number of rotatable bonds is 2. The summed E-state index contributed by atoms with van der Waals surface area (Å²) in [6.07, 6.45) is 3.79. The quantitative estimate of drug-likeness (QED) is 0.400. The zero-order valence-electron chi connectivity index (χ0n) is 6.15. The molecule has 0 saturated carbocycles. The maximum atomic E-state index is 3.56. The molecule has 0 unspecified atom stereocenters. The van der Waals surface area contributed by atoms with E-state index < -0.39 is 0 Å². The Kier molecular flexibility index (Phi) is 4.72. The fraction of sp³-hybridized carbons (Fsp3) is 0.500.